The van der Waals surface area contributed by atoms with Gasteiger partial charge < -0.3 is 10.6 Å². The summed E-state index contributed by atoms with van der Waals surface area (Å²) in [5.74, 6) is -0.502. The van der Waals surface area contributed by atoms with Gasteiger partial charge in [-0.25, -0.2) is 0 Å². The fraction of sp³-hybridized carbons (Fsp3) is 0.333. The summed E-state index contributed by atoms with van der Waals surface area (Å²) < 4.78 is 0. The second-order valence-electron chi connectivity index (χ2n) is 5.00. The molecule has 0 radical (unpaired) electrons. The van der Waals surface area contributed by atoms with Gasteiger partial charge in [-0.15, -0.1) is 0 Å². The first kappa shape index (κ1) is 15.9. The predicted octanol–water partition coefficient (Wildman–Crippen LogP) is 2.73. The summed E-state index contributed by atoms with van der Waals surface area (Å²) in [5.41, 5.74) is 6.01. The molecule has 4 nitrogen and oxygen atoms in total. The molecule has 112 valence electrons. The molecule has 6 heteroatoms. The molecule has 0 aliphatic carbocycles. The molecule has 0 unspecified atom stereocenters. The molecule has 1 heterocycles. The Morgan fingerprint density at radius 2 is 1.90 bits per heavy atom. The molecule has 0 bridgehead atoms. The Balaban J connectivity index is 1.95. The Morgan fingerprint density at radius 3 is 2.48 bits per heavy atom. The number of amides is 2. The second-order valence-corrected chi connectivity index (χ2v) is 5.84. The number of nitrogens with two attached hydrogens (primary N) is 1. The monoisotopic (exact) mass is 326 g/mol. The van der Waals surface area contributed by atoms with Crippen molar-refractivity contribution < 1.29 is 9.59 Å². The number of hydrogen-bond donors (Lipinski definition) is 1. The number of carbonyl (C=O) groups excluding carboxylic acids is 2. The third kappa shape index (κ3) is 4.22. The highest BCUT2D eigenvalue weighted by atomic mass is 35.5. The van der Waals surface area contributed by atoms with Gasteiger partial charge in [-0.3, -0.25) is 9.59 Å². The van der Waals surface area contributed by atoms with E-state index in [1.54, 1.807) is 29.2 Å². The highest BCUT2D eigenvalue weighted by Crippen LogP contribution is 2.22. The van der Waals surface area contributed by atoms with Crippen molar-refractivity contribution >= 4 is 41.1 Å². The third-order valence-corrected chi connectivity index (χ3v) is 4.14. The minimum atomic E-state index is -0.286. The van der Waals surface area contributed by atoms with Crippen LogP contribution in [0.1, 0.15) is 18.4 Å². The fourth-order valence-electron chi connectivity index (χ4n) is 2.29. The lowest BCUT2D eigenvalue weighted by atomic mass is 9.96. The van der Waals surface area contributed by atoms with Crippen molar-refractivity contribution in [2.24, 2.45) is 11.7 Å². The van der Waals surface area contributed by atoms with E-state index < -0.39 is 0 Å². The highest BCUT2D eigenvalue weighted by Gasteiger charge is 2.24. The Hall–Kier alpha value is -1.52. The molecule has 2 rings (SSSR count). The van der Waals surface area contributed by atoms with E-state index in [2.05, 4.69) is 0 Å². The van der Waals surface area contributed by atoms with Crippen molar-refractivity contribution in [2.45, 2.75) is 12.8 Å². The molecule has 1 fully saturated rings. The molecule has 1 aromatic carbocycles. The van der Waals surface area contributed by atoms with E-state index in [9.17, 15) is 9.59 Å². The van der Waals surface area contributed by atoms with Crippen LogP contribution < -0.4 is 5.73 Å². The van der Waals surface area contributed by atoms with Crippen LogP contribution in [0, 0.1) is 5.92 Å². The van der Waals surface area contributed by atoms with Gasteiger partial charge >= 0.3 is 0 Å². The summed E-state index contributed by atoms with van der Waals surface area (Å²) in [6, 6.07) is 5.11. The normalized spacial score (nSPS) is 16.4. The van der Waals surface area contributed by atoms with Gasteiger partial charge in [0.25, 0.3) is 0 Å². The molecule has 1 aliphatic rings. The van der Waals surface area contributed by atoms with Gasteiger partial charge in [0.05, 0.1) is 0 Å². The van der Waals surface area contributed by atoms with Gasteiger partial charge in [-0.2, -0.15) is 0 Å². The van der Waals surface area contributed by atoms with E-state index in [4.69, 9.17) is 28.9 Å². The number of primary amides is 1. The number of nitrogens with zero attached hydrogens (tertiary/aromatic N) is 1. The maximum Gasteiger partial charge on any atom is 0.246 e. The zero-order chi connectivity index (χ0) is 15.4. The predicted molar refractivity (Wildman–Crippen MR) is 84.0 cm³/mol. The van der Waals surface area contributed by atoms with Crippen LogP contribution >= 0.6 is 23.2 Å². The number of likely N-dealkylation sites (tertiary alicyclic amines) is 1. The van der Waals surface area contributed by atoms with Crippen LogP contribution in [-0.4, -0.2) is 29.8 Å². The Bertz CT molecular complexity index is 579. The Labute approximate surface area is 133 Å². The molecule has 1 aliphatic heterocycles. The second kappa shape index (κ2) is 6.96. The lowest BCUT2D eigenvalue weighted by Gasteiger charge is -2.29. The zero-order valence-corrected chi connectivity index (χ0v) is 12.9. The molecule has 1 aromatic rings. The van der Waals surface area contributed by atoms with Crippen LogP contribution in [0.3, 0.4) is 0 Å². The molecular formula is C15H16Cl2N2O2. The number of rotatable bonds is 3. The molecule has 2 N–H and O–H groups in total. The zero-order valence-electron chi connectivity index (χ0n) is 11.4. The molecule has 21 heavy (non-hydrogen) atoms. The largest absolute Gasteiger partial charge is 0.369 e. The van der Waals surface area contributed by atoms with Crippen LogP contribution in [0.15, 0.2) is 24.3 Å². The highest BCUT2D eigenvalue weighted by molar-refractivity contribution is 6.35. The smallest absolute Gasteiger partial charge is 0.246 e. The first-order valence-electron chi connectivity index (χ1n) is 6.68. The number of hydrogen-bond acceptors (Lipinski definition) is 2. The standard InChI is InChI=1S/C15H16Cl2N2O2/c16-12-3-1-10(13(17)9-12)2-4-14(20)19-7-5-11(6-8-19)15(18)21/h1-4,9,11H,5-8H2,(H2,18,21)/b4-2+. The molecule has 0 aromatic heterocycles. The molecule has 0 saturated carbocycles. The van der Waals surface area contributed by atoms with Crippen LogP contribution in [0.4, 0.5) is 0 Å². The lowest BCUT2D eigenvalue weighted by Crippen LogP contribution is -2.41. The summed E-state index contributed by atoms with van der Waals surface area (Å²) in [6.45, 7) is 1.09. The van der Waals surface area contributed by atoms with E-state index >= 15 is 0 Å². The topological polar surface area (TPSA) is 63.4 Å². The molecule has 0 atom stereocenters. The molecule has 1 saturated heterocycles. The lowest BCUT2D eigenvalue weighted by molar-refractivity contribution is -0.130. The number of carbonyl (C=O) groups is 2. The van der Waals surface area contributed by atoms with E-state index in [-0.39, 0.29) is 17.7 Å². The first-order chi connectivity index (χ1) is 9.97. The van der Waals surface area contributed by atoms with Gasteiger partial charge in [-0.05, 0) is 36.6 Å². The molecular weight excluding hydrogens is 311 g/mol. The van der Waals surface area contributed by atoms with Crippen molar-refractivity contribution in [3.63, 3.8) is 0 Å². The summed E-state index contributed by atoms with van der Waals surface area (Å²) in [5, 5.41) is 1.05. The quantitative estimate of drug-likeness (QED) is 0.868. The SMILES string of the molecule is NC(=O)C1CCN(C(=O)/C=C/c2ccc(Cl)cc2Cl)CC1. The van der Waals surface area contributed by atoms with Crippen molar-refractivity contribution in [3.05, 3.63) is 39.9 Å². The fourth-order valence-corrected chi connectivity index (χ4v) is 2.76. The summed E-state index contributed by atoms with van der Waals surface area (Å²) in [6.07, 6.45) is 4.40. The molecule has 2 amide bonds. The van der Waals surface area contributed by atoms with Crippen molar-refractivity contribution in [3.8, 4) is 0 Å². The third-order valence-electron chi connectivity index (χ3n) is 3.58. The van der Waals surface area contributed by atoms with Gasteiger partial charge in [0, 0.05) is 35.1 Å². The summed E-state index contributed by atoms with van der Waals surface area (Å²) in [4.78, 5) is 24.9. The Kier molecular flexibility index (Phi) is 5.26. The van der Waals surface area contributed by atoms with E-state index in [0.717, 1.165) is 5.56 Å². The van der Waals surface area contributed by atoms with Crippen LogP contribution in [0.5, 0.6) is 0 Å². The summed E-state index contributed by atoms with van der Waals surface area (Å²) >= 11 is 11.9. The van der Waals surface area contributed by atoms with Gasteiger partial charge in [0.15, 0.2) is 0 Å². The maximum absolute atomic E-state index is 12.1. The average Bonchev–Trinajstić information content (AvgIpc) is 2.46. The maximum atomic E-state index is 12.1. The number of benzene rings is 1. The van der Waals surface area contributed by atoms with Gasteiger partial charge in [0.1, 0.15) is 0 Å². The van der Waals surface area contributed by atoms with E-state index in [0.29, 0.717) is 36.0 Å². The van der Waals surface area contributed by atoms with Gasteiger partial charge in [0.2, 0.25) is 11.8 Å². The minimum Gasteiger partial charge on any atom is -0.369 e. The first-order valence-corrected chi connectivity index (χ1v) is 7.44. The van der Waals surface area contributed by atoms with Crippen molar-refractivity contribution in [1.82, 2.24) is 4.90 Å². The van der Waals surface area contributed by atoms with Crippen LogP contribution in [0.25, 0.3) is 6.08 Å². The number of halogens is 2. The average molecular weight is 327 g/mol. The summed E-state index contributed by atoms with van der Waals surface area (Å²) in [7, 11) is 0. The van der Waals surface area contributed by atoms with E-state index in [1.165, 1.54) is 6.08 Å². The van der Waals surface area contributed by atoms with Gasteiger partial charge in [-0.1, -0.05) is 29.3 Å². The van der Waals surface area contributed by atoms with Crippen molar-refractivity contribution in [1.29, 1.82) is 0 Å². The van der Waals surface area contributed by atoms with Crippen molar-refractivity contribution in [2.75, 3.05) is 13.1 Å². The minimum absolute atomic E-state index is 0.0936. The van der Waals surface area contributed by atoms with Crippen LogP contribution in [0.2, 0.25) is 10.0 Å². The van der Waals surface area contributed by atoms with E-state index in [1.807, 2.05) is 0 Å². The molecule has 0 spiro atoms. The number of piperidine rings is 1. The van der Waals surface area contributed by atoms with Crippen LogP contribution in [-0.2, 0) is 9.59 Å². The Morgan fingerprint density at radius 1 is 1.24 bits per heavy atom.